The minimum absolute atomic E-state index is 0.00615. The smallest absolute Gasteiger partial charge is 0.313 e. The zero-order chi connectivity index (χ0) is 32.3. The number of anilines is 1. The van der Waals surface area contributed by atoms with Crippen LogP contribution in [0.2, 0.25) is 0 Å². The van der Waals surface area contributed by atoms with E-state index in [1.54, 1.807) is 11.2 Å². The van der Waals surface area contributed by atoms with Gasteiger partial charge in [-0.2, -0.15) is 10.4 Å². The highest BCUT2D eigenvalue weighted by Gasteiger charge is 2.29. The Bertz CT molecular complexity index is 1950. The zero-order valence-corrected chi connectivity index (χ0v) is 26.5. The first-order valence-electron chi connectivity index (χ1n) is 16.4. The van der Waals surface area contributed by atoms with Crippen molar-refractivity contribution in [1.82, 2.24) is 24.3 Å². The zero-order valence-electron chi connectivity index (χ0n) is 26.5. The third kappa shape index (κ3) is 5.89. The van der Waals surface area contributed by atoms with Gasteiger partial charge in [-0.15, -0.1) is 0 Å². The van der Waals surface area contributed by atoms with Gasteiger partial charge >= 0.3 is 5.97 Å². The molecule has 0 bridgehead atoms. The molecule has 2 atom stereocenters. The van der Waals surface area contributed by atoms with Gasteiger partial charge in [0.05, 0.1) is 49.4 Å². The number of fused-ring (bicyclic) bond motifs is 2. The highest BCUT2D eigenvalue weighted by Crippen LogP contribution is 2.37. The van der Waals surface area contributed by atoms with Crippen LogP contribution in [0, 0.1) is 17.2 Å². The molecule has 1 aliphatic carbocycles. The number of carbonyl (C=O) groups is 2. The first kappa shape index (κ1) is 30.4. The average molecular weight is 628 g/mol. The molecule has 3 aromatic heterocycles. The molecule has 0 saturated heterocycles. The molecular weight excluding hydrogens is 590 g/mol. The molecule has 10 nitrogen and oxygen atoms in total. The van der Waals surface area contributed by atoms with Crippen LogP contribution in [-0.2, 0) is 22.6 Å². The Morgan fingerprint density at radius 1 is 1.09 bits per heavy atom. The first-order valence-corrected chi connectivity index (χ1v) is 16.4. The molecule has 5 aromatic rings. The Balaban J connectivity index is 0.995. The molecule has 2 aromatic carbocycles. The fourth-order valence-corrected chi connectivity index (χ4v) is 7.20. The van der Waals surface area contributed by atoms with Crippen LogP contribution in [0.15, 0.2) is 79.5 Å². The topological polar surface area (TPSA) is 119 Å². The lowest BCUT2D eigenvalue weighted by Crippen LogP contribution is -2.23. The van der Waals surface area contributed by atoms with Crippen molar-refractivity contribution in [2.24, 2.45) is 5.92 Å². The summed E-state index contributed by atoms with van der Waals surface area (Å²) in [6, 6.07) is 19.7. The molecule has 1 unspecified atom stereocenters. The van der Waals surface area contributed by atoms with Gasteiger partial charge in [-0.3, -0.25) is 14.3 Å². The third-order valence-corrected chi connectivity index (χ3v) is 9.71. The van der Waals surface area contributed by atoms with Gasteiger partial charge in [0, 0.05) is 34.6 Å². The Morgan fingerprint density at radius 2 is 1.89 bits per heavy atom. The van der Waals surface area contributed by atoms with Crippen molar-refractivity contribution in [3.05, 3.63) is 96.2 Å². The molecule has 1 amide bonds. The minimum Gasteiger partial charge on any atom is -0.463 e. The van der Waals surface area contributed by atoms with Crippen molar-refractivity contribution in [3.8, 4) is 17.3 Å². The van der Waals surface area contributed by atoms with Crippen LogP contribution in [0.1, 0.15) is 78.9 Å². The summed E-state index contributed by atoms with van der Waals surface area (Å²) in [4.78, 5) is 37.0. The second kappa shape index (κ2) is 13.2. The van der Waals surface area contributed by atoms with Crippen molar-refractivity contribution in [1.29, 1.82) is 5.26 Å². The van der Waals surface area contributed by atoms with E-state index >= 15 is 0 Å². The molecule has 1 aliphatic heterocycles. The molecule has 7 rings (SSSR count). The Morgan fingerprint density at radius 3 is 2.66 bits per heavy atom. The number of benzene rings is 2. The third-order valence-electron chi connectivity index (χ3n) is 9.71. The maximum absolute atomic E-state index is 13.2. The highest BCUT2D eigenvalue weighted by molar-refractivity contribution is 6.10. The number of hydrogen-bond donors (Lipinski definition) is 0. The van der Waals surface area contributed by atoms with E-state index in [2.05, 4.69) is 21.1 Å². The van der Waals surface area contributed by atoms with Crippen LogP contribution in [0.25, 0.3) is 22.3 Å². The summed E-state index contributed by atoms with van der Waals surface area (Å²) in [7, 11) is 0. The number of hydrogen-bond acceptors (Lipinski definition) is 7. The average Bonchev–Trinajstić information content (AvgIpc) is 3.92. The standard InChI is InChI=1S/C37H37N7O3/c1-2-30(25-11-13-29(14-12-25)43-22-27-9-5-6-10-31(27)36(43)45)37(46)47-20-19-42-18-16-32-34(39-24-40-35(32)42)28-21-41-44(23-28)33(15-17-38)26-7-3-4-8-26/h5-6,9-14,16,18,21,23-24,26,30,33H,2-4,7-8,15,19-20,22H2,1H3/t30?,33-/m1/s1. The van der Waals surface area contributed by atoms with E-state index < -0.39 is 5.92 Å². The van der Waals surface area contributed by atoms with Crippen LogP contribution in [0.4, 0.5) is 5.69 Å². The number of nitriles is 1. The number of aromatic nitrogens is 5. The summed E-state index contributed by atoms with van der Waals surface area (Å²) in [6.45, 7) is 3.16. The number of amides is 1. The van der Waals surface area contributed by atoms with Gasteiger partial charge in [0.15, 0.2) is 0 Å². The quantitative estimate of drug-likeness (QED) is 0.147. The number of rotatable bonds is 11. The van der Waals surface area contributed by atoms with E-state index in [-0.39, 0.29) is 24.5 Å². The molecule has 0 N–H and O–H groups in total. The van der Waals surface area contributed by atoms with Crippen molar-refractivity contribution >= 4 is 28.6 Å². The molecule has 2 aliphatic rings. The summed E-state index contributed by atoms with van der Waals surface area (Å²) >= 11 is 0. The maximum Gasteiger partial charge on any atom is 0.313 e. The van der Waals surface area contributed by atoms with E-state index in [9.17, 15) is 14.9 Å². The minimum atomic E-state index is -0.406. The summed E-state index contributed by atoms with van der Waals surface area (Å²) in [6.07, 6.45) is 13.0. The molecular formula is C37H37N7O3. The van der Waals surface area contributed by atoms with Gasteiger partial charge in [0.1, 0.15) is 18.6 Å². The predicted molar refractivity (Wildman–Crippen MR) is 177 cm³/mol. The van der Waals surface area contributed by atoms with Gasteiger partial charge in [-0.1, -0.05) is 50.1 Å². The monoisotopic (exact) mass is 627 g/mol. The highest BCUT2D eigenvalue weighted by atomic mass is 16.5. The normalized spacial score (nSPS) is 15.9. The molecule has 0 spiro atoms. The van der Waals surface area contributed by atoms with Crippen molar-refractivity contribution in [2.75, 3.05) is 11.5 Å². The van der Waals surface area contributed by atoms with Crippen LogP contribution in [0.5, 0.6) is 0 Å². The van der Waals surface area contributed by atoms with E-state index in [1.165, 1.54) is 12.8 Å². The van der Waals surface area contributed by atoms with Crippen molar-refractivity contribution in [2.45, 2.75) is 70.5 Å². The number of ether oxygens (including phenoxy) is 1. The number of carbonyl (C=O) groups excluding carboxylic acids is 2. The SMILES string of the molecule is CCC(C(=O)OCCn1ccc2c(-c3cnn([C@H](CC#N)C4CCCC4)c3)ncnc21)c1ccc(N2Cc3ccccc3C2=O)cc1. The van der Waals surface area contributed by atoms with Crippen LogP contribution in [0.3, 0.4) is 0 Å². The molecule has 0 radical (unpaired) electrons. The van der Waals surface area contributed by atoms with Gasteiger partial charge in [-0.25, -0.2) is 9.97 Å². The van der Waals surface area contributed by atoms with Crippen LogP contribution < -0.4 is 4.90 Å². The number of nitrogens with zero attached hydrogens (tertiary/aromatic N) is 7. The van der Waals surface area contributed by atoms with Gasteiger partial charge < -0.3 is 14.2 Å². The van der Waals surface area contributed by atoms with Gasteiger partial charge in [0.2, 0.25) is 0 Å². The molecule has 47 heavy (non-hydrogen) atoms. The van der Waals surface area contributed by atoms with E-state index in [0.29, 0.717) is 31.8 Å². The lowest BCUT2D eigenvalue weighted by Gasteiger charge is -2.21. The van der Waals surface area contributed by atoms with E-state index in [0.717, 1.165) is 57.5 Å². The van der Waals surface area contributed by atoms with Crippen molar-refractivity contribution < 1.29 is 14.3 Å². The summed E-state index contributed by atoms with van der Waals surface area (Å²) < 4.78 is 9.68. The lowest BCUT2D eigenvalue weighted by atomic mass is 9.96. The first-order chi connectivity index (χ1) is 23.1. The van der Waals surface area contributed by atoms with Crippen LogP contribution in [-0.4, -0.2) is 42.8 Å². The Kier molecular flexibility index (Phi) is 8.53. The van der Waals surface area contributed by atoms with E-state index in [1.807, 2.05) is 89.4 Å². The fraction of sp³-hybridized carbons (Fsp3) is 0.351. The Labute approximate surface area is 273 Å². The molecule has 1 fully saturated rings. The van der Waals surface area contributed by atoms with Crippen LogP contribution >= 0.6 is 0 Å². The Hall–Kier alpha value is -5.30. The largest absolute Gasteiger partial charge is 0.463 e. The predicted octanol–water partition coefficient (Wildman–Crippen LogP) is 6.84. The number of esters is 1. The summed E-state index contributed by atoms with van der Waals surface area (Å²) in [5.74, 6) is -0.217. The molecule has 238 valence electrons. The summed E-state index contributed by atoms with van der Waals surface area (Å²) in [5, 5.41) is 15.0. The van der Waals surface area contributed by atoms with Gasteiger partial charge in [-0.05, 0) is 60.6 Å². The molecule has 10 heteroatoms. The summed E-state index contributed by atoms with van der Waals surface area (Å²) in [5.41, 5.74) is 5.85. The molecule has 4 heterocycles. The van der Waals surface area contributed by atoms with Gasteiger partial charge in [0.25, 0.3) is 5.91 Å². The maximum atomic E-state index is 13.2. The second-order valence-corrected chi connectivity index (χ2v) is 12.4. The van der Waals surface area contributed by atoms with Crippen molar-refractivity contribution in [3.63, 3.8) is 0 Å². The van der Waals surface area contributed by atoms with E-state index in [4.69, 9.17) is 4.74 Å². The fourth-order valence-electron chi connectivity index (χ4n) is 7.20. The lowest BCUT2D eigenvalue weighted by molar-refractivity contribution is -0.145. The second-order valence-electron chi connectivity index (χ2n) is 12.4. The molecule has 1 saturated carbocycles.